The van der Waals surface area contributed by atoms with Crippen molar-refractivity contribution >= 4 is 17.7 Å². The Morgan fingerprint density at radius 2 is 1.80 bits per heavy atom. The van der Waals surface area contributed by atoms with Crippen LogP contribution < -0.4 is 0 Å². The minimum Gasteiger partial charge on any atom is -0.457 e. The van der Waals surface area contributed by atoms with Gasteiger partial charge in [-0.3, -0.25) is 19.3 Å². The molecule has 9 nitrogen and oxygen atoms in total. The number of carbonyl (C=O) groups excluding carboxylic acids is 3. The third kappa shape index (κ3) is 3.95. The highest BCUT2D eigenvalue weighted by atomic mass is 16.6. The summed E-state index contributed by atoms with van der Waals surface area (Å²) in [6, 6.07) is 0. The van der Waals surface area contributed by atoms with E-state index in [4.69, 9.17) is 14.2 Å². The highest BCUT2D eigenvalue weighted by molar-refractivity contribution is 5.92. The molecule has 2 N–H and O–H groups in total. The van der Waals surface area contributed by atoms with Crippen molar-refractivity contribution in [2.24, 2.45) is 16.7 Å². The van der Waals surface area contributed by atoms with Crippen LogP contribution in [0.4, 0.5) is 0 Å². The molecule has 8 atom stereocenters. The Morgan fingerprint density at radius 3 is 2.31 bits per heavy atom. The number of nitrogens with zero attached hydrogens (tertiary/aromatic N) is 1. The van der Waals surface area contributed by atoms with Gasteiger partial charge in [-0.05, 0) is 46.2 Å². The lowest BCUT2D eigenvalue weighted by Crippen LogP contribution is -2.87. The molecule has 0 radical (unpaired) electrons. The quantitative estimate of drug-likeness (QED) is 0.433. The first kappa shape index (κ1) is 27.8. The van der Waals surface area contributed by atoms with Crippen LogP contribution in [0.25, 0.3) is 0 Å². The summed E-state index contributed by atoms with van der Waals surface area (Å²) in [6.45, 7) is 13.7. The van der Waals surface area contributed by atoms with Crippen molar-refractivity contribution in [3.8, 4) is 0 Å². The molecule has 9 heteroatoms. The summed E-state index contributed by atoms with van der Waals surface area (Å²) in [5.74, 6) is -2.49. The molecule has 3 fully saturated rings. The molecule has 0 amide bonds. The number of hydrogen-bond donors (Lipinski definition) is 2. The van der Waals surface area contributed by atoms with E-state index in [0.29, 0.717) is 12.8 Å². The monoisotopic (exact) mass is 495 g/mol. The second-order valence-corrected chi connectivity index (χ2v) is 12.1. The molecule has 1 aliphatic heterocycles. The van der Waals surface area contributed by atoms with Crippen LogP contribution in [0.2, 0.25) is 0 Å². The van der Waals surface area contributed by atoms with E-state index in [-0.39, 0.29) is 13.0 Å². The topological polar surface area (TPSA) is 123 Å². The summed E-state index contributed by atoms with van der Waals surface area (Å²) in [5, 5.41) is 23.9. The van der Waals surface area contributed by atoms with Gasteiger partial charge in [0.05, 0.1) is 18.2 Å². The van der Waals surface area contributed by atoms with Crippen molar-refractivity contribution in [2.45, 2.75) is 95.9 Å². The number of rotatable bonds is 5. The number of carbonyl (C=O) groups is 3. The minimum absolute atomic E-state index is 0.0269. The van der Waals surface area contributed by atoms with Crippen LogP contribution in [-0.4, -0.2) is 88.6 Å². The fourth-order valence-electron chi connectivity index (χ4n) is 7.19. The van der Waals surface area contributed by atoms with E-state index in [0.717, 1.165) is 0 Å². The molecule has 0 unspecified atom stereocenters. The summed E-state index contributed by atoms with van der Waals surface area (Å²) in [5.41, 5.74) is -7.32. The lowest BCUT2D eigenvalue weighted by molar-refractivity contribution is -0.371. The smallest absolute Gasteiger partial charge is 0.320 e. The van der Waals surface area contributed by atoms with Gasteiger partial charge in [0.1, 0.15) is 11.7 Å². The molecule has 1 saturated heterocycles. The molecule has 0 aromatic carbocycles. The molecule has 2 saturated carbocycles. The van der Waals surface area contributed by atoms with Crippen LogP contribution in [0, 0.1) is 16.7 Å². The van der Waals surface area contributed by atoms with Gasteiger partial charge < -0.3 is 24.4 Å². The van der Waals surface area contributed by atoms with Gasteiger partial charge in [0.15, 0.2) is 17.5 Å². The average Bonchev–Trinajstić information content (AvgIpc) is 2.70. The van der Waals surface area contributed by atoms with E-state index in [1.54, 1.807) is 32.8 Å². The second-order valence-electron chi connectivity index (χ2n) is 12.1. The molecule has 1 heterocycles. The fourth-order valence-corrected chi connectivity index (χ4v) is 7.19. The molecule has 3 rings (SSSR count). The lowest BCUT2D eigenvalue weighted by atomic mass is 9.39. The molecule has 35 heavy (non-hydrogen) atoms. The van der Waals surface area contributed by atoms with Gasteiger partial charge in [-0.15, -0.1) is 6.58 Å². The largest absolute Gasteiger partial charge is 0.457 e. The Hall–Kier alpha value is -1.81. The number of ketones is 1. The molecule has 0 aromatic heterocycles. The summed E-state index contributed by atoms with van der Waals surface area (Å²) < 4.78 is 18.3. The Morgan fingerprint density at radius 1 is 1.20 bits per heavy atom. The second kappa shape index (κ2) is 8.64. The van der Waals surface area contributed by atoms with Crippen molar-refractivity contribution in [2.75, 3.05) is 20.6 Å². The first-order valence-electron chi connectivity index (χ1n) is 12.2. The highest BCUT2D eigenvalue weighted by Gasteiger charge is 2.82. The maximum Gasteiger partial charge on any atom is 0.320 e. The molecular weight excluding hydrogens is 454 g/mol. The fraction of sp³-hybridized carbons (Fsp3) is 0.808. The van der Waals surface area contributed by atoms with Crippen LogP contribution in [-0.2, 0) is 28.6 Å². The number of hydrogen-bond acceptors (Lipinski definition) is 9. The van der Waals surface area contributed by atoms with E-state index < -0.39 is 69.6 Å². The Bertz CT molecular complexity index is 917. The molecule has 198 valence electrons. The van der Waals surface area contributed by atoms with Crippen molar-refractivity contribution in [3.05, 3.63) is 12.7 Å². The van der Waals surface area contributed by atoms with Gasteiger partial charge in [-0.1, -0.05) is 26.8 Å². The van der Waals surface area contributed by atoms with Crippen molar-refractivity contribution in [1.82, 2.24) is 4.90 Å². The predicted molar refractivity (Wildman–Crippen MR) is 127 cm³/mol. The first-order valence-corrected chi connectivity index (χ1v) is 12.2. The molecular formula is C26H41NO8. The van der Waals surface area contributed by atoms with Gasteiger partial charge in [0.25, 0.3) is 0 Å². The number of Topliss-reactive ketones (excluding diaryl/α,β-unsaturated/α-hetero) is 1. The summed E-state index contributed by atoms with van der Waals surface area (Å²) in [4.78, 5) is 40.9. The number of likely N-dealkylation sites (N-methyl/N-ethyl adjacent to an activating group) is 1. The molecule has 0 aromatic rings. The van der Waals surface area contributed by atoms with Crippen LogP contribution in [0.3, 0.4) is 0 Å². The van der Waals surface area contributed by atoms with Crippen molar-refractivity contribution < 1.29 is 38.8 Å². The zero-order valence-electron chi connectivity index (χ0n) is 22.2. The van der Waals surface area contributed by atoms with Gasteiger partial charge >= 0.3 is 11.9 Å². The highest BCUT2D eigenvalue weighted by Crippen LogP contribution is 2.67. The molecule has 3 aliphatic rings. The third-order valence-corrected chi connectivity index (χ3v) is 8.71. The van der Waals surface area contributed by atoms with Crippen LogP contribution in [0.15, 0.2) is 12.7 Å². The normalized spacial score (nSPS) is 44.7. The van der Waals surface area contributed by atoms with E-state index in [1.165, 1.54) is 19.9 Å². The average molecular weight is 496 g/mol. The zero-order valence-corrected chi connectivity index (χ0v) is 22.2. The van der Waals surface area contributed by atoms with Gasteiger partial charge in [0.2, 0.25) is 0 Å². The third-order valence-electron chi connectivity index (χ3n) is 8.71. The minimum atomic E-state index is -2.24. The first-order chi connectivity index (χ1) is 15.9. The Labute approximate surface area is 207 Å². The summed E-state index contributed by atoms with van der Waals surface area (Å²) in [6.07, 6.45) is -1.32. The van der Waals surface area contributed by atoms with Crippen LogP contribution in [0.1, 0.15) is 60.8 Å². The number of fused-ring (bicyclic) bond motifs is 3. The van der Waals surface area contributed by atoms with Crippen molar-refractivity contribution in [1.29, 1.82) is 0 Å². The maximum atomic E-state index is 13.9. The Balaban J connectivity index is 2.34. The lowest BCUT2D eigenvalue weighted by Gasteiger charge is -2.71. The summed E-state index contributed by atoms with van der Waals surface area (Å²) in [7, 11) is 3.45. The van der Waals surface area contributed by atoms with Crippen molar-refractivity contribution in [3.63, 3.8) is 0 Å². The SMILES string of the molecule is C=C[C@@]1(C)CC(=O)[C@]2(O)[C@@]3(C)[C@@H](O)CCC(C)(C)[C@@H]3[C@H](OC(=O)CN(C)C)[C@H](OC(C)=O)[C@@]2(C)O1. The number of aliphatic hydroxyl groups excluding tert-OH is 1. The van der Waals surface area contributed by atoms with E-state index in [1.807, 2.05) is 13.8 Å². The van der Waals surface area contributed by atoms with E-state index >= 15 is 0 Å². The molecule has 2 aliphatic carbocycles. The molecule has 0 bridgehead atoms. The molecule has 0 spiro atoms. The van der Waals surface area contributed by atoms with E-state index in [9.17, 15) is 24.6 Å². The van der Waals surface area contributed by atoms with Gasteiger partial charge in [-0.25, -0.2) is 0 Å². The number of aliphatic hydroxyl groups is 2. The standard InChI is InChI=1S/C26H41NO8/c1-10-23(5)13-17(30)26(32)24(6)16(29)11-12-22(3,4)20(24)19(34-18(31)14-27(8)9)21(33-15(2)28)25(26,7)35-23/h10,16,19-21,29,32H,1,11-14H2,2-9H3/t16-,19-,20-,21-,23-,24-,25+,26-/m0/s1. The summed E-state index contributed by atoms with van der Waals surface area (Å²) >= 11 is 0. The van der Waals surface area contributed by atoms with Crippen LogP contribution >= 0.6 is 0 Å². The van der Waals surface area contributed by atoms with Gasteiger partial charge in [-0.2, -0.15) is 0 Å². The number of ether oxygens (including phenoxy) is 3. The van der Waals surface area contributed by atoms with E-state index in [2.05, 4.69) is 6.58 Å². The predicted octanol–water partition coefficient (Wildman–Crippen LogP) is 1.63. The van der Waals surface area contributed by atoms with Crippen LogP contribution in [0.5, 0.6) is 0 Å². The van der Waals surface area contributed by atoms with Gasteiger partial charge in [0, 0.05) is 24.7 Å². The maximum absolute atomic E-state index is 13.9. The Kier molecular flexibility index (Phi) is 6.86. The number of esters is 2. The zero-order chi connectivity index (χ0) is 26.8.